The van der Waals surface area contributed by atoms with Gasteiger partial charge in [0.15, 0.2) is 0 Å². The van der Waals surface area contributed by atoms with Crippen molar-refractivity contribution < 1.29 is 4.39 Å². The van der Waals surface area contributed by atoms with E-state index in [1.54, 1.807) is 18.3 Å². The first-order valence-corrected chi connectivity index (χ1v) is 5.97. The fourth-order valence-corrected chi connectivity index (χ4v) is 1.81. The van der Waals surface area contributed by atoms with Crippen LogP contribution >= 0.6 is 11.6 Å². The molecule has 94 valence electrons. The van der Waals surface area contributed by atoms with Crippen LogP contribution in [0.15, 0.2) is 30.5 Å². The van der Waals surface area contributed by atoms with Gasteiger partial charge in [-0.1, -0.05) is 23.7 Å². The molecular weight excluding hydrogens is 253 g/mol. The van der Waals surface area contributed by atoms with Gasteiger partial charge >= 0.3 is 0 Å². The van der Waals surface area contributed by atoms with E-state index in [2.05, 4.69) is 15.3 Å². The van der Waals surface area contributed by atoms with Crippen molar-refractivity contribution in [3.63, 3.8) is 0 Å². The Labute approximate surface area is 110 Å². The summed E-state index contributed by atoms with van der Waals surface area (Å²) in [5.74, 6) is 0.340. The Balaban J connectivity index is 1.94. The summed E-state index contributed by atoms with van der Waals surface area (Å²) in [6.07, 6.45) is 1.72. The van der Waals surface area contributed by atoms with E-state index in [0.29, 0.717) is 13.1 Å². The van der Waals surface area contributed by atoms with E-state index in [1.165, 1.54) is 6.07 Å². The van der Waals surface area contributed by atoms with Gasteiger partial charge in [0, 0.05) is 19.3 Å². The van der Waals surface area contributed by atoms with Crippen molar-refractivity contribution in [1.29, 1.82) is 0 Å². The molecule has 0 amide bonds. The average Bonchev–Trinajstić information content (AvgIpc) is 2.35. The van der Waals surface area contributed by atoms with Gasteiger partial charge in [-0.05, 0) is 24.6 Å². The maximum Gasteiger partial charge on any atom is 0.142 e. The molecule has 0 radical (unpaired) electrons. The number of aryl methyl sites for hydroxylation is 1. The summed E-state index contributed by atoms with van der Waals surface area (Å²) < 4.78 is 13.2. The second kappa shape index (κ2) is 5.89. The van der Waals surface area contributed by atoms with Gasteiger partial charge in [0.1, 0.15) is 11.6 Å². The normalized spacial score (nSPS) is 10.6. The predicted molar refractivity (Wildman–Crippen MR) is 68.7 cm³/mol. The molecule has 1 heterocycles. The van der Waals surface area contributed by atoms with E-state index in [4.69, 9.17) is 11.6 Å². The summed E-state index contributed by atoms with van der Waals surface area (Å²) in [6.45, 7) is 2.93. The fraction of sp³-hybridized carbons (Fsp3) is 0.231. The summed E-state index contributed by atoms with van der Waals surface area (Å²) in [5.41, 5.74) is 1.64. The van der Waals surface area contributed by atoms with Crippen LogP contribution in [-0.2, 0) is 13.1 Å². The molecule has 0 aliphatic carbocycles. The third-order valence-corrected chi connectivity index (χ3v) is 2.91. The average molecular weight is 266 g/mol. The van der Waals surface area contributed by atoms with Crippen molar-refractivity contribution >= 4 is 11.6 Å². The van der Waals surface area contributed by atoms with E-state index in [-0.39, 0.29) is 5.02 Å². The van der Waals surface area contributed by atoms with Crippen molar-refractivity contribution in [3.8, 4) is 0 Å². The second-order valence-electron chi connectivity index (χ2n) is 3.91. The Morgan fingerprint density at radius 3 is 2.89 bits per heavy atom. The molecule has 0 unspecified atom stereocenters. The Bertz CT molecular complexity index is 546. The molecule has 1 aromatic carbocycles. The molecule has 3 nitrogen and oxygen atoms in total. The number of hydrogen-bond acceptors (Lipinski definition) is 3. The molecule has 5 heteroatoms. The van der Waals surface area contributed by atoms with Gasteiger partial charge < -0.3 is 5.32 Å². The van der Waals surface area contributed by atoms with Crippen molar-refractivity contribution in [3.05, 3.63) is 58.4 Å². The second-order valence-corrected chi connectivity index (χ2v) is 4.29. The quantitative estimate of drug-likeness (QED) is 0.924. The van der Waals surface area contributed by atoms with Crippen molar-refractivity contribution in [2.75, 3.05) is 0 Å². The topological polar surface area (TPSA) is 37.8 Å². The van der Waals surface area contributed by atoms with Gasteiger partial charge in [-0.15, -0.1) is 0 Å². The molecule has 0 bridgehead atoms. The predicted octanol–water partition coefficient (Wildman–Crippen LogP) is 2.87. The third kappa shape index (κ3) is 3.24. The van der Waals surface area contributed by atoms with Gasteiger partial charge in [-0.25, -0.2) is 14.4 Å². The SMILES string of the molecule is Cc1nccc(CNCc2cccc(F)c2Cl)n1. The summed E-state index contributed by atoms with van der Waals surface area (Å²) >= 11 is 5.86. The lowest BCUT2D eigenvalue weighted by atomic mass is 10.2. The van der Waals surface area contributed by atoms with Crippen LogP contribution in [0.3, 0.4) is 0 Å². The largest absolute Gasteiger partial charge is 0.307 e. The minimum Gasteiger partial charge on any atom is -0.307 e. The van der Waals surface area contributed by atoms with Crippen LogP contribution in [0.2, 0.25) is 5.02 Å². The monoisotopic (exact) mass is 265 g/mol. The van der Waals surface area contributed by atoms with E-state index in [1.807, 2.05) is 13.0 Å². The highest BCUT2D eigenvalue weighted by molar-refractivity contribution is 6.31. The Morgan fingerprint density at radius 2 is 2.11 bits per heavy atom. The highest BCUT2D eigenvalue weighted by atomic mass is 35.5. The third-order valence-electron chi connectivity index (χ3n) is 2.49. The number of benzene rings is 1. The first kappa shape index (κ1) is 12.9. The highest BCUT2D eigenvalue weighted by Gasteiger charge is 2.05. The summed E-state index contributed by atoms with van der Waals surface area (Å²) in [7, 11) is 0. The number of nitrogens with zero attached hydrogens (tertiary/aromatic N) is 2. The zero-order valence-electron chi connectivity index (χ0n) is 9.95. The molecule has 0 saturated heterocycles. The number of rotatable bonds is 4. The molecule has 0 saturated carbocycles. The molecule has 1 aromatic heterocycles. The minimum absolute atomic E-state index is 0.170. The molecular formula is C13H13ClFN3. The summed E-state index contributed by atoms with van der Waals surface area (Å²) in [6, 6.07) is 6.63. The lowest BCUT2D eigenvalue weighted by molar-refractivity contribution is 0.619. The van der Waals surface area contributed by atoms with Crippen molar-refractivity contribution in [1.82, 2.24) is 15.3 Å². The molecule has 2 rings (SSSR count). The molecule has 0 aliphatic rings. The molecule has 0 fully saturated rings. The maximum atomic E-state index is 13.2. The lowest BCUT2D eigenvalue weighted by Gasteiger charge is -2.07. The molecule has 2 aromatic rings. The van der Waals surface area contributed by atoms with E-state index in [9.17, 15) is 4.39 Å². The molecule has 18 heavy (non-hydrogen) atoms. The first-order valence-electron chi connectivity index (χ1n) is 5.59. The minimum atomic E-state index is -0.395. The van der Waals surface area contributed by atoms with Crippen molar-refractivity contribution in [2.24, 2.45) is 0 Å². The molecule has 0 spiro atoms. The zero-order valence-corrected chi connectivity index (χ0v) is 10.7. The molecule has 0 aliphatic heterocycles. The summed E-state index contributed by atoms with van der Waals surface area (Å²) in [4.78, 5) is 8.29. The molecule has 1 N–H and O–H groups in total. The Morgan fingerprint density at radius 1 is 1.28 bits per heavy atom. The van der Waals surface area contributed by atoms with Crippen LogP contribution < -0.4 is 5.32 Å². The van der Waals surface area contributed by atoms with Gasteiger partial charge in [-0.3, -0.25) is 0 Å². The first-order chi connectivity index (χ1) is 8.66. The van der Waals surface area contributed by atoms with Gasteiger partial charge in [0.2, 0.25) is 0 Å². The summed E-state index contributed by atoms with van der Waals surface area (Å²) in [5, 5.41) is 3.34. The number of hydrogen-bond donors (Lipinski definition) is 1. The number of aromatic nitrogens is 2. The van der Waals surface area contributed by atoms with Crippen LogP contribution in [0.5, 0.6) is 0 Å². The smallest absolute Gasteiger partial charge is 0.142 e. The number of halogens is 2. The van der Waals surface area contributed by atoms with Crippen LogP contribution in [0.4, 0.5) is 4.39 Å². The van der Waals surface area contributed by atoms with Crippen LogP contribution in [0.25, 0.3) is 0 Å². The van der Waals surface area contributed by atoms with E-state index < -0.39 is 5.82 Å². The van der Waals surface area contributed by atoms with Crippen LogP contribution in [0, 0.1) is 12.7 Å². The lowest BCUT2D eigenvalue weighted by Crippen LogP contribution is -2.14. The fourth-order valence-electron chi connectivity index (χ4n) is 1.61. The zero-order chi connectivity index (χ0) is 13.0. The Kier molecular flexibility index (Phi) is 4.23. The van der Waals surface area contributed by atoms with Crippen LogP contribution in [-0.4, -0.2) is 9.97 Å². The van der Waals surface area contributed by atoms with Gasteiger partial charge in [0.25, 0.3) is 0 Å². The molecule has 0 atom stereocenters. The van der Waals surface area contributed by atoms with Crippen LogP contribution in [0.1, 0.15) is 17.1 Å². The standard InChI is InChI=1S/C13H13ClFN3/c1-9-17-6-5-11(18-9)8-16-7-10-3-2-4-12(15)13(10)14/h2-6,16H,7-8H2,1H3. The van der Waals surface area contributed by atoms with Crippen molar-refractivity contribution in [2.45, 2.75) is 20.0 Å². The maximum absolute atomic E-state index is 13.2. The van der Waals surface area contributed by atoms with E-state index in [0.717, 1.165) is 17.1 Å². The number of nitrogens with one attached hydrogen (secondary N) is 1. The Hall–Kier alpha value is -1.52. The van der Waals surface area contributed by atoms with E-state index >= 15 is 0 Å². The van der Waals surface area contributed by atoms with Gasteiger partial charge in [-0.2, -0.15) is 0 Å². The highest BCUT2D eigenvalue weighted by Crippen LogP contribution is 2.19. The van der Waals surface area contributed by atoms with Gasteiger partial charge in [0.05, 0.1) is 10.7 Å².